The van der Waals surface area contributed by atoms with Gasteiger partial charge in [0.2, 0.25) is 6.41 Å². The zero-order valence-electron chi connectivity index (χ0n) is 16.4. The van der Waals surface area contributed by atoms with Crippen molar-refractivity contribution in [2.75, 3.05) is 25.6 Å². The molecule has 1 amide bonds. The van der Waals surface area contributed by atoms with Crippen molar-refractivity contribution in [3.63, 3.8) is 0 Å². The van der Waals surface area contributed by atoms with Crippen LogP contribution in [0.1, 0.15) is 21.6 Å². The van der Waals surface area contributed by atoms with Gasteiger partial charge >= 0.3 is 0 Å². The fraction of sp³-hybridized carbons (Fsp3) is 0.190. The minimum absolute atomic E-state index is 0.0212. The number of halogens is 2. The number of carbonyl (C=O) groups is 2. The van der Waals surface area contributed by atoms with Gasteiger partial charge in [0.05, 0.1) is 29.1 Å². The summed E-state index contributed by atoms with van der Waals surface area (Å²) in [5.41, 5.74) is 1.68. The molecule has 0 aliphatic rings. The van der Waals surface area contributed by atoms with Crippen LogP contribution in [0.4, 0.5) is 10.1 Å². The molecular weight excluding hydrogens is 413 g/mol. The Balaban J connectivity index is 0.000000297. The molecule has 0 fully saturated rings. The molecule has 0 bridgehead atoms. The molecule has 7 nitrogen and oxygen atoms in total. The van der Waals surface area contributed by atoms with Gasteiger partial charge in [-0.25, -0.2) is 4.39 Å². The van der Waals surface area contributed by atoms with Crippen LogP contribution < -0.4 is 10.1 Å². The topological polar surface area (TPSA) is 93.3 Å². The van der Waals surface area contributed by atoms with Crippen LogP contribution in [-0.2, 0) is 9.53 Å². The molecule has 0 atom stereocenters. The lowest BCUT2D eigenvalue weighted by Crippen LogP contribution is -2.09. The Hall–Kier alpha value is -3.23. The molecular formula is C21H21ClFN3O4. The highest BCUT2D eigenvalue weighted by molar-refractivity contribution is 6.35. The van der Waals surface area contributed by atoms with Gasteiger partial charge in [-0.05, 0) is 37.3 Å². The molecule has 3 aromatic rings. The number of nitrogens with zero attached hydrogens (tertiary/aromatic N) is 1. The lowest BCUT2D eigenvalue weighted by Gasteiger charge is -2.10. The highest BCUT2D eigenvalue weighted by Crippen LogP contribution is 2.29. The number of aromatic nitrogens is 2. The monoisotopic (exact) mass is 433 g/mol. The highest BCUT2D eigenvalue weighted by atomic mass is 35.5. The molecule has 158 valence electrons. The molecule has 2 heterocycles. The zero-order valence-corrected chi connectivity index (χ0v) is 17.2. The number of amides is 1. The van der Waals surface area contributed by atoms with E-state index in [9.17, 15) is 14.0 Å². The van der Waals surface area contributed by atoms with Crippen LogP contribution in [0.2, 0.25) is 5.02 Å². The fourth-order valence-electron chi connectivity index (χ4n) is 2.39. The number of pyridine rings is 1. The molecule has 0 aliphatic heterocycles. The first kappa shape index (κ1) is 23.1. The average molecular weight is 434 g/mol. The predicted molar refractivity (Wildman–Crippen MR) is 112 cm³/mol. The van der Waals surface area contributed by atoms with Crippen LogP contribution in [0.5, 0.6) is 5.75 Å². The van der Waals surface area contributed by atoms with E-state index in [4.69, 9.17) is 21.1 Å². The van der Waals surface area contributed by atoms with Crippen molar-refractivity contribution in [3.05, 3.63) is 76.6 Å². The standard InChI is InChI=1S/C15H15ClFNO3.C6H6N2O/c1-9-7-10(8-18-9)15(19)13-11(16)3-4-12(14(13)17)21-6-5-20-2;9-5-8-6-2-1-3-7-4-6/h3-4,7-8,18H,5-6H2,1-2H3;1-5H,(H,8,9). The second-order valence-electron chi connectivity index (χ2n) is 5.98. The van der Waals surface area contributed by atoms with Gasteiger partial charge in [0.1, 0.15) is 6.61 Å². The summed E-state index contributed by atoms with van der Waals surface area (Å²) >= 11 is 5.96. The number of aryl methyl sites for hydroxylation is 1. The zero-order chi connectivity index (χ0) is 21.9. The third-order valence-corrected chi connectivity index (χ3v) is 4.12. The lowest BCUT2D eigenvalue weighted by atomic mass is 10.0. The van der Waals surface area contributed by atoms with Crippen LogP contribution in [0.15, 0.2) is 48.9 Å². The quantitative estimate of drug-likeness (QED) is 0.318. The Bertz CT molecular complexity index is 980. The van der Waals surface area contributed by atoms with E-state index in [2.05, 4.69) is 15.3 Å². The van der Waals surface area contributed by atoms with Gasteiger partial charge in [-0.15, -0.1) is 0 Å². The molecule has 0 spiro atoms. The van der Waals surface area contributed by atoms with Crippen molar-refractivity contribution in [1.29, 1.82) is 0 Å². The van der Waals surface area contributed by atoms with Crippen molar-refractivity contribution in [3.8, 4) is 5.75 Å². The van der Waals surface area contributed by atoms with Crippen LogP contribution in [-0.4, -0.2) is 42.5 Å². The van der Waals surface area contributed by atoms with E-state index in [1.807, 2.05) is 0 Å². The SMILES string of the molecule is COCCOc1ccc(Cl)c(C(=O)c2c[nH]c(C)c2)c1F.O=CNc1cccnc1. The number of H-pyrrole nitrogens is 1. The van der Waals surface area contributed by atoms with Crippen LogP contribution in [0, 0.1) is 12.7 Å². The number of benzene rings is 1. The summed E-state index contributed by atoms with van der Waals surface area (Å²) in [4.78, 5) is 28.9. The summed E-state index contributed by atoms with van der Waals surface area (Å²) in [6.07, 6.45) is 5.37. The molecule has 0 unspecified atom stereocenters. The molecule has 9 heteroatoms. The number of nitrogens with one attached hydrogen (secondary N) is 2. The molecule has 0 saturated heterocycles. The number of hydrogen-bond donors (Lipinski definition) is 2. The van der Waals surface area contributed by atoms with E-state index in [1.54, 1.807) is 37.5 Å². The summed E-state index contributed by atoms with van der Waals surface area (Å²) < 4.78 is 24.5. The number of methoxy groups -OCH3 is 1. The minimum atomic E-state index is -0.762. The van der Waals surface area contributed by atoms with Gasteiger partial charge in [0, 0.05) is 30.8 Å². The maximum absolute atomic E-state index is 14.4. The van der Waals surface area contributed by atoms with Crippen molar-refractivity contribution in [2.24, 2.45) is 0 Å². The van der Waals surface area contributed by atoms with E-state index in [0.717, 1.165) is 5.69 Å². The first-order valence-electron chi connectivity index (χ1n) is 8.87. The second-order valence-corrected chi connectivity index (χ2v) is 6.39. The number of ketones is 1. The Morgan fingerprint density at radius 3 is 2.73 bits per heavy atom. The first-order valence-corrected chi connectivity index (χ1v) is 9.25. The van der Waals surface area contributed by atoms with E-state index >= 15 is 0 Å². The lowest BCUT2D eigenvalue weighted by molar-refractivity contribution is -0.105. The molecule has 1 aromatic carbocycles. The van der Waals surface area contributed by atoms with Crippen molar-refractivity contribution in [2.45, 2.75) is 6.92 Å². The van der Waals surface area contributed by atoms with Crippen LogP contribution in [0.25, 0.3) is 0 Å². The smallest absolute Gasteiger partial charge is 0.211 e. The predicted octanol–water partition coefficient (Wildman–Crippen LogP) is 4.02. The number of rotatable bonds is 8. The normalized spacial score (nSPS) is 10.0. The van der Waals surface area contributed by atoms with Gasteiger partial charge < -0.3 is 19.8 Å². The fourth-order valence-corrected chi connectivity index (χ4v) is 2.62. The first-order chi connectivity index (χ1) is 14.5. The van der Waals surface area contributed by atoms with Crippen molar-refractivity contribution >= 4 is 29.5 Å². The maximum Gasteiger partial charge on any atom is 0.211 e. The van der Waals surface area contributed by atoms with Gasteiger partial charge in [-0.2, -0.15) is 0 Å². The molecule has 0 radical (unpaired) electrons. The Labute approximate surface area is 178 Å². The highest BCUT2D eigenvalue weighted by Gasteiger charge is 2.22. The Morgan fingerprint density at radius 2 is 2.13 bits per heavy atom. The number of carbonyl (C=O) groups excluding carboxylic acids is 2. The summed E-state index contributed by atoms with van der Waals surface area (Å²) in [6.45, 7) is 2.31. The number of ether oxygens (including phenoxy) is 2. The van der Waals surface area contributed by atoms with E-state index < -0.39 is 11.6 Å². The minimum Gasteiger partial charge on any atom is -0.488 e. The molecule has 0 aliphatic carbocycles. The Kier molecular flexibility index (Phi) is 8.99. The van der Waals surface area contributed by atoms with Crippen molar-refractivity contribution < 1.29 is 23.5 Å². The molecule has 3 rings (SSSR count). The molecule has 2 N–H and O–H groups in total. The summed E-state index contributed by atoms with van der Waals surface area (Å²) in [5.74, 6) is -1.27. The average Bonchev–Trinajstić information content (AvgIpc) is 3.18. The van der Waals surface area contributed by atoms with Crippen LogP contribution in [0.3, 0.4) is 0 Å². The van der Waals surface area contributed by atoms with E-state index in [-0.39, 0.29) is 22.9 Å². The maximum atomic E-state index is 14.4. The molecule has 0 saturated carbocycles. The second kappa shape index (κ2) is 11.7. The Morgan fingerprint density at radius 1 is 1.33 bits per heavy atom. The summed E-state index contributed by atoms with van der Waals surface area (Å²) in [5, 5.41) is 2.52. The van der Waals surface area contributed by atoms with Gasteiger partial charge in [-0.3, -0.25) is 14.6 Å². The van der Waals surface area contributed by atoms with Gasteiger partial charge in [0.25, 0.3) is 0 Å². The molecule has 2 aromatic heterocycles. The largest absolute Gasteiger partial charge is 0.488 e. The van der Waals surface area contributed by atoms with E-state index in [0.29, 0.717) is 24.3 Å². The number of anilines is 1. The van der Waals surface area contributed by atoms with E-state index in [1.165, 1.54) is 25.4 Å². The third-order valence-electron chi connectivity index (χ3n) is 3.80. The van der Waals surface area contributed by atoms with Gasteiger partial charge in [-0.1, -0.05) is 11.6 Å². The summed E-state index contributed by atoms with van der Waals surface area (Å²) in [7, 11) is 1.52. The van der Waals surface area contributed by atoms with Crippen molar-refractivity contribution in [1.82, 2.24) is 9.97 Å². The summed E-state index contributed by atoms with van der Waals surface area (Å²) in [6, 6.07) is 8.00. The third kappa shape index (κ3) is 6.40. The van der Waals surface area contributed by atoms with Crippen LogP contribution >= 0.6 is 11.6 Å². The molecule has 30 heavy (non-hydrogen) atoms. The van der Waals surface area contributed by atoms with Gasteiger partial charge in [0.15, 0.2) is 17.3 Å². The number of hydrogen-bond acceptors (Lipinski definition) is 5. The number of aromatic amines is 1.